The minimum Gasteiger partial charge on any atom is -0.496 e. The van der Waals surface area contributed by atoms with E-state index in [1.807, 2.05) is 9.78 Å². The summed E-state index contributed by atoms with van der Waals surface area (Å²) < 4.78 is 27.0. The van der Waals surface area contributed by atoms with Crippen molar-refractivity contribution in [3.63, 3.8) is 0 Å². The number of hydrogen-bond acceptors (Lipinski definition) is 6. The lowest BCUT2D eigenvalue weighted by atomic mass is 9.95. The van der Waals surface area contributed by atoms with Crippen LogP contribution in [0.2, 0.25) is 0 Å². The molecular formula is C21H24FN3O3S. The Hall–Kier alpha value is -2.61. The number of benzene rings is 1. The molecule has 0 aliphatic heterocycles. The second-order valence-electron chi connectivity index (χ2n) is 7.20. The van der Waals surface area contributed by atoms with Gasteiger partial charge in [-0.3, -0.25) is 9.20 Å². The highest BCUT2D eigenvalue weighted by Crippen LogP contribution is 2.40. The fourth-order valence-electron chi connectivity index (χ4n) is 3.91. The van der Waals surface area contributed by atoms with Crippen LogP contribution in [0.15, 0.2) is 23.6 Å². The number of aromatic nitrogens is 2. The molecule has 0 unspecified atom stereocenters. The van der Waals surface area contributed by atoms with E-state index in [9.17, 15) is 9.18 Å². The molecule has 1 fully saturated rings. The number of ether oxygens (including phenoxy) is 2. The molecule has 0 radical (unpaired) electrons. The predicted molar refractivity (Wildman–Crippen MR) is 111 cm³/mol. The number of nitrogens with one attached hydrogen (secondary N) is 1. The molecule has 1 aliphatic rings. The van der Waals surface area contributed by atoms with E-state index in [0.29, 0.717) is 27.8 Å². The molecule has 0 bridgehead atoms. The van der Waals surface area contributed by atoms with Gasteiger partial charge in [-0.1, -0.05) is 25.3 Å². The van der Waals surface area contributed by atoms with Crippen LogP contribution in [0.1, 0.15) is 37.8 Å². The number of methoxy groups -OCH3 is 2. The minimum absolute atomic E-state index is 0.125. The maximum Gasteiger partial charge on any atom is 0.311 e. The van der Waals surface area contributed by atoms with E-state index < -0.39 is 5.82 Å². The first kappa shape index (κ1) is 19.7. The highest BCUT2D eigenvalue weighted by atomic mass is 32.1. The van der Waals surface area contributed by atoms with Gasteiger partial charge in [0.05, 0.1) is 26.2 Å². The Morgan fingerprint density at radius 2 is 2.10 bits per heavy atom. The lowest BCUT2D eigenvalue weighted by Crippen LogP contribution is -2.23. The molecular weight excluding hydrogens is 393 g/mol. The Kier molecular flexibility index (Phi) is 5.71. The molecule has 2 aromatic heterocycles. The van der Waals surface area contributed by atoms with E-state index in [1.165, 1.54) is 38.0 Å². The fraction of sp³-hybridized carbons (Fsp3) is 0.429. The first-order valence-electron chi connectivity index (χ1n) is 9.77. The normalized spacial score (nSPS) is 14.9. The molecule has 0 amide bonds. The SMILES string of the molecule is COC(=O)Cc1csc2nc(-c3c(F)cccc3OC)c(NC3CCCCC3)n12. The van der Waals surface area contributed by atoms with Crippen LogP contribution in [0.5, 0.6) is 5.75 Å². The number of nitrogens with zero attached hydrogens (tertiary/aromatic N) is 2. The third-order valence-electron chi connectivity index (χ3n) is 5.37. The van der Waals surface area contributed by atoms with Gasteiger partial charge in [-0.05, 0) is 25.0 Å². The van der Waals surface area contributed by atoms with Crippen LogP contribution >= 0.6 is 11.3 Å². The molecule has 8 heteroatoms. The average molecular weight is 418 g/mol. The van der Waals surface area contributed by atoms with E-state index in [1.54, 1.807) is 12.1 Å². The Balaban J connectivity index is 1.87. The Morgan fingerprint density at radius 3 is 2.83 bits per heavy atom. The van der Waals surface area contributed by atoms with Crippen LogP contribution in [0.4, 0.5) is 10.2 Å². The number of halogens is 1. The van der Waals surface area contributed by atoms with Gasteiger partial charge in [0.25, 0.3) is 0 Å². The van der Waals surface area contributed by atoms with E-state index >= 15 is 0 Å². The number of hydrogen-bond donors (Lipinski definition) is 1. The first-order valence-corrected chi connectivity index (χ1v) is 10.7. The second-order valence-corrected chi connectivity index (χ2v) is 8.04. The molecule has 1 N–H and O–H groups in total. The van der Waals surface area contributed by atoms with Gasteiger partial charge in [-0.15, -0.1) is 11.3 Å². The van der Waals surface area contributed by atoms with Crippen molar-refractivity contribution in [1.29, 1.82) is 0 Å². The van der Waals surface area contributed by atoms with Gasteiger partial charge in [0.1, 0.15) is 23.1 Å². The molecule has 0 spiro atoms. The molecule has 29 heavy (non-hydrogen) atoms. The van der Waals surface area contributed by atoms with Gasteiger partial charge in [0, 0.05) is 17.1 Å². The van der Waals surface area contributed by atoms with Crippen LogP contribution in [0.25, 0.3) is 16.2 Å². The Bertz CT molecular complexity index is 1020. The standard InChI is InChI=1S/C21H24FN3O3S/c1-27-16-10-6-9-15(22)18(16)19-20(23-13-7-4-3-5-8-13)25-14(11-17(26)28-2)12-29-21(25)24-19/h6,9-10,12-13,23H,3-5,7-8,11H2,1-2H3. The number of fused-ring (bicyclic) bond motifs is 1. The van der Waals surface area contributed by atoms with Gasteiger partial charge in [-0.2, -0.15) is 0 Å². The number of carbonyl (C=O) groups is 1. The highest BCUT2D eigenvalue weighted by molar-refractivity contribution is 7.15. The molecule has 154 valence electrons. The zero-order valence-electron chi connectivity index (χ0n) is 16.5. The molecule has 6 nitrogen and oxygen atoms in total. The molecule has 1 aromatic carbocycles. The van der Waals surface area contributed by atoms with Crippen LogP contribution in [-0.2, 0) is 16.0 Å². The maximum atomic E-state index is 14.9. The van der Waals surface area contributed by atoms with Crippen LogP contribution in [0.3, 0.4) is 0 Å². The Labute approximate surface area is 172 Å². The summed E-state index contributed by atoms with van der Waals surface area (Å²) in [6.07, 6.45) is 5.79. The molecule has 0 atom stereocenters. The number of anilines is 1. The topological polar surface area (TPSA) is 64.9 Å². The minimum atomic E-state index is -0.392. The summed E-state index contributed by atoms with van der Waals surface area (Å²) in [5, 5.41) is 5.50. The zero-order valence-corrected chi connectivity index (χ0v) is 17.4. The monoisotopic (exact) mass is 417 g/mol. The van der Waals surface area contributed by atoms with Crippen LogP contribution in [-0.4, -0.2) is 35.6 Å². The van der Waals surface area contributed by atoms with Crippen molar-refractivity contribution in [1.82, 2.24) is 9.38 Å². The summed E-state index contributed by atoms with van der Waals surface area (Å²) in [6, 6.07) is 5.04. The van der Waals surface area contributed by atoms with Crippen LogP contribution < -0.4 is 10.1 Å². The quantitative estimate of drug-likeness (QED) is 0.591. The average Bonchev–Trinajstić information content (AvgIpc) is 3.29. The van der Waals surface area contributed by atoms with Gasteiger partial charge in [-0.25, -0.2) is 9.37 Å². The van der Waals surface area contributed by atoms with Crippen molar-refractivity contribution in [3.8, 4) is 17.0 Å². The summed E-state index contributed by atoms with van der Waals surface area (Å²) in [6.45, 7) is 0. The number of carbonyl (C=O) groups excluding carboxylic acids is 1. The fourth-order valence-corrected chi connectivity index (χ4v) is 4.80. The maximum absolute atomic E-state index is 14.9. The number of thiazole rings is 1. The molecule has 2 heterocycles. The van der Waals surface area contributed by atoms with Crippen molar-refractivity contribution < 1.29 is 18.7 Å². The molecule has 1 aliphatic carbocycles. The van der Waals surface area contributed by atoms with E-state index in [2.05, 4.69) is 5.32 Å². The lowest BCUT2D eigenvalue weighted by Gasteiger charge is -2.24. The number of rotatable bonds is 6. The molecule has 1 saturated carbocycles. The first-order chi connectivity index (χ1) is 14.1. The van der Waals surface area contributed by atoms with Crippen molar-refractivity contribution in [2.45, 2.75) is 44.6 Å². The Morgan fingerprint density at radius 1 is 1.31 bits per heavy atom. The van der Waals surface area contributed by atoms with Crippen molar-refractivity contribution in [2.75, 3.05) is 19.5 Å². The zero-order chi connectivity index (χ0) is 20.4. The predicted octanol–water partition coefficient (Wildman–Crippen LogP) is 4.67. The van der Waals surface area contributed by atoms with Crippen molar-refractivity contribution >= 4 is 28.1 Å². The number of imidazole rings is 1. The molecule has 3 aromatic rings. The summed E-state index contributed by atoms with van der Waals surface area (Å²) in [4.78, 5) is 17.3. The van der Waals surface area contributed by atoms with Crippen LogP contribution in [0, 0.1) is 5.82 Å². The highest BCUT2D eigenvalue weighted by Gasteiger charge is 2.26. The van der Waals surface area contributed by atoms with Crippen molar-refractivity contribution in [3.05, 3.63) is 35.1 Å². The molecule has 4 rings (SSSR count). The largest absolute Gasteiger partial charge is 0.496 e. The van der Waals surface area contributed by atoms with Crippen molar-refractivity contribution in [2.24, 2.45) is 0 Å². The summed E-state index contributed by atoms with van der Waals surface area (Å²) in [5.41, 5.74) is 1.60. The van der Waals surface area contributed by atoms with Gasteiger partial charge >= 0.3 is 5.97 Å². The smallest absolute Gasteiger partial charge is 0.311 e. The van der Waals surface area contributed by atoms with E-state index in [4.69, 9.17) is 14.5 Å². The second kappa shape index (κ2) is 8.41. The third-order valence-corrected chi connectivity index (χ3v) is 6.24. The summed E-state index contributed by atoms with van der Waals surface area (Å²) >= 11 is 1.42. The number of esters is 1. The summed E-state index contributed by atoms with van der Waals surface area (Å²) in [7, 11) is 2.89. The van der Waals surface area contributed by atoms with E-state index in [-0.39, 0.29) is 18.4 Å². The van der Waals surface area contributed by atoms with Gasteiger partial charge in [0.2, 0.25) is 0 Å². The van der Waals surface area contributed by atoms with Gasteiger partial charge < -0.3 is 14.8 Å². The van der Waals surface area contributed by atoms with E-state index in [0.717, 1.165) is 31.4 Å². The lowest BCUT2D eigenvalue weighted by molar-refractivity contribution is -0.139. The summed E-state index contributed by atoms with van der Waals surface area (Å²) in [5.74, 6) is 0.413. The molecule has 0 saturated heterocycles. The third kappa shape index (κ3) is 3.81. The van der Waals surface area contributed by atoms with Gasteiger partial charge in [0.15, 0.2) is 4.96 Å².